The van der Waals surface area contributed by atoms with Crippen LogP contribution in [0.25, 0.3) is 16.6 Å². The lowest BCUT2D eigenvalue weighted by molar-refractivity contribution is 0.0962. The third kappa shape index (κ3) is 4.33. The van der Waals surface area contributed by atoms with Crippen LogP contribution in [0.15, 0.2) is 65.5 Å². The van der Waals surface area contributed by atoms with E-state index >= 15 is 0 Å². The molecule has 4 rings (SSSR count). The zero-order valence-electron chi connectivity index (χ0n) is 18.6. The number of ether oxygens (including phenoxy) is 3. The summed E-state index contributed by atoms with van der Waals surface area (Å²) >= 11 is 5.90. The van der Waals surface area contributed by atoms with Crippen molar-refractivity contribution in [3.8, 4) is 22.9 Å². The lowest BCUT2D eigenvalue weighted by atomic mass is 10.2. The monoisotopic (exact) mass is 480 g/mol. The van der Waals surface area contributed by atoms with Crippen LogP contribution in [-0.2, 0) is 0 Å². The van der Waals surface area contributed by atoms with E-state index in [1.54, 1.807) is 60.7 Å². The molecule has 9 nitrogen and oxygen atoms in total. The van der Waals surface area contributed by atoms with Crippen molar-refractivity contribution in [2.45, 2.75) is 0 Å². The first-order valence-corrected chi connectivity index (χ1v) is 10.5. The van der Waals surface area contributed by atoms with Gasteiger partial charge in [-0.1, -0.05) is 23.7 Å². The van der Waals surface area contributed by atoms with Crippen molar-refractivity contribution in [3.05, 3.63) is 81.6 Å². The molecule has 2 N–H and O–H groups in total. The Kier molecular flexibility index (Phi) is 6.55. The normalized spacial score (nSPS) is 10.6. The largest absolute Gasteiger partial charge is 0.493 e. The van der Waals surface area contributed by atoms with E-state index in [9.17, 15) is 9.59 Å². The van der Waals surface area contributed by atoms with Gasteiger partial charge in [0.25, 0.3) is 11.5 Å². The number of hydrazine groups is 1. The lowest BCUT2D eigenvalue weighted by Gasteiger charge is -2.18. The van der Waals surface area contributed by atoms with Gasteiger partial charge in [0.15, 0.2) is 11.5 Å². The predicted molar refractivity (Wildman–Crippen MR) is 130 cm³/mol. The van der Waals surface area contributed by atoms with E-state index in [0.717, 1.165) is 0 Å². The van der Waals surface area contributed by atoms with Crippen LogP contribution >= 0.6 is 11.6 Å². The number of anilines is 1. The summed E-state index contributed by atoms with van der Waals surface area (Å²) in [4.78, 5) is 30.7. The molecule has 0 spiro atoms. The fourth-order valence-electron chi connectivity index (χ4n) is 3.44. The molecule has 0 aliphatic heterocycles. The third-order valence-corrected chi connectivity index (χ3v) is 5.33. The average molecular weight is 481 g/mol. The van der Waals surface area contributed by atoms with Gasteiger partial charge in [0.2, 0.25) is 11.7 Å². The number of benzene rings is 3. The Morgan fingerprint density at radius 2 is 1.59 bits per heavy atom. The SMILES string of the molecule is COc1cc(-n2c(NNC(=O)c3ccc(Cl)cc3)nc3ccccc3c2=O)cc(OC)c1OC. The van der Waals surface area contributed by atoms with E-state index in [1.165, 1.54) is 25.9 Å². The van der Waals surface area contributed by atoms with E-state index in [-0.39, 0.29) is 11.5 Å². The number of hydrogen-bond acceptors (Lipinski definition) is 7. The van der Waals surface area contributed by atoms with Gasteiger partial charge in [0, 0.05) is 22.7 Å². The second-order valence-corrected chi connectivity index (χ2v) is 7.50. The number of rotatable bonds is 7. The number of aromatic nitrogens is 2. The summed E-state index contributed by atoms with van der Waals surface area (Å²) in [6.45, 7) is 0. The topological polar surface area (TPSA) is 104 Å². The highest BCUT2D eigenvalue weighted by Gasteiger charge is 2.19. The average Bonchev–Trinajstić information content (AvgIpc) is 2.86. The Labute approximate surface area is 199 Å². The van der Waals surface area contributed by atoms with Crippen LogP contribution in [0.4, 0.5) is 5.95 Å². The smallest absolute Gasteiger partial charge is 0.269 e. The molecule has 0 bridgehead atoms. The van der Waals surface area contributed by atoms with Crippen molar-refractivity contribution >= 4 is 34.4 Å². The third-order valence-electron chi connectivity index (χ3n) is 5.08. The predicted octanol–water partition coefficient (Wildman–Crippen LogP) is 3.82. The van der Waals surface area contributed by atoms with Crippen LogP contribution in [0.5, 0.6) is 17.2 Å². The molecule has 0 aliphatic carbocycles. The molecule has 0 atom stereocenters. The van der Waals surface area contributed by atoms with E-state index in [2.05, 4.69) is 15.8 Å². The first-order chi connectivity index (χ1) is 16.5. The first-order valence-electron chi connectivity index (χ1n) is 10.1. The van der Waals surface area contributed by atoms with Crippen LogP contribution in [-0.4, -0.2) is 36.8 Å². The molecule has 1 aromatic heterocycles. The molecule has 4 aromatic rings. The van der Waals surface area contributed by atoms with Gasteiger partial charge in [-0.05, 0) is 36.4 Å². The van der Waals surface area contributed by atoms with Crippen molar-refractivity contribution in [2.75, 3.05) is 26.8 Å². The van der Waals surface area contributed by atoms with Gasteiger partial charge in [0.05, 0.1) is 37.9 Å². The van der Waals surface area contributed by atoms with Crippen LogP contribution in [0.2, 0.25) is 5.02 Å². The number of nitrogens with one attached hydrogen (secondary N) is 2. The Bertz CT molecular complexity index is 1390. The van der Waals surface area contributed by atoms with E-state index in [0.29, 0.717) is 44.4 Å². The molecule has 0 aliphatic rings. The van der Waals surface area contributed by atoms with Crippen molar-refractivity contribution in [2.24, 2.45) is 0 Å². The van der Waals surface area contributed by atoms with Gasteiger partial charge in [-0.25, -0.2) is 9.55 Å². The number of methoxy groups -OCH3 is 3. The Morgan fingerprint density at radius 3 is 2.21 bits per heavy atom. The number of halogens is 1. The maximum absolute atomic E-state index is 13.5. The van der Waals surface area contributed by atoms with Crippen LogP contribution < -0.4 is 30.6 Å². The molecule has 0 fully saturated rings. The van der Waals surface area contributed by atoms with E-state index < -0.39 is 5.91 Å². The standard InChI is InChI=1S/C24H21ClN4O5/c1-32-19-12-16(13-20(33-2)21(19)34-3)29-23(31)17-6-4-5-7-18(17)26-24(29)28-27-22(30)14-8-10-15(25)11-9-14/h4-13H,1-3H3,(H,26,28)(H,27,30). The molecule has 10 heteroatoms. The van der Waals surface area contributed by atoms with Crippen molar-refractivity contribution in [3.63, 3.8) is 0 Å². The molecular weight excluding hydrogens is 460 g/mol. The fourth-order valence-corrected chi connectivity index (χ4v) is 3.56. The summed E-state index contributed by atoms with van der Waals surface area (Å²) in [5, 5.41) is 0.905. The molecule has 0 unspecified atom stereocenters. The van der Waals surface area contributed by atoms with Gasteiger partial charge < -0.3 is 14.2 Å². The summed E-state index contributed by atoms with van der Waals surface area (Å²) < 4.78 is 17.6. The highest BCUT2D eigenvalue weighted by Crippen LogP contribution is 2.39. The first kappa shape index (κ1) is 22.9. The minimum Gasteiger partial charge on any atom is -0.493 e. The second-order valence-electron chi connectivity index (χ2n) is 7.06. The summed E-state index contributed by atoms with van der Waals surface area (Å²) in [6.07, 6.45) is 0. The number of fused-ring (bicyclic) bond motifs is 1. The zero-order valence-corrected chi connectivity index (χ0v) is 19.3. The number of carbonyl (C=O) groups is 1. The molecule has 0 radical (unpaired) electrons. The highest BCUT2D eigenvalue weighted by molar-refractivity contribution is 6.30. The Morgan fingerprint density at radius 1 is 0.941 bits per heavy atom. The molecule has 3 aromatic carbocycles. The Hall–Kier alpha value is -4.24. The van der Waals surface area contributed by atoms with Crippen molar-refractivity contribution in [1.29, 1.82) is 0 Å². The summed E-state index contributed by atoms with van der Waals surface area (Å²) in [6, 6.07) is 16.5. The second kappa shape index (κ2) is 9.72. The van der Waals surface area contributed by atoms with Gasteiger partial charge in [0.1, 0.15) is 0 Å². The molecule has 0 saturated heterocycles. The fraction of sp³-hybridized carbons (Fsp3) is 0.125. The molecular formula is C24H21ClN4O5. The summed E-state index contributed by atoms with van der Waals surface area (Å²) in [5.41, 5.74) is 6.21. The molecule has 0 saturated carbocycles. The van der Waals surface area contributed by atoms with Crippen LogP contribution in [0, 0.1) is 0 Å². The van der Waals surface area contributed by atoms with Gasteiger partial charge in [-0.2, -0.15) is 0 Å². The highest BCUT2D eigenvalue weighted by atomic mass is 35.5. The molecule has 1 amide bonds. The van der Waals surface area contributed by atoms with Crippen molar-refractivity contribution < 1.29 is 19.0 Å². The number of nitrogens with zero attached hydrogens (tertiary/aromatic N) is 2. The summed E-state index contributed by atoms with van der Waals surface area (Å²) in [7, 11) is 4.45. The number of carbonyl (C=O) groups excluding carboxylic acids is 1. The minimum absolute atomic E-state index is 0.0836. The number of amides is 1. The summed E-state index contributed by atoms with van der Waals surface area (Å²) in [5.74, 6) is 0.734. The van der Waals surface area contributed by atoms with Gasteiger partial charge in [-0.3, -0.25) is 20.4 Å². The number of hydrogen-bond donors (Lipinski definition) is 2. The molecule has 1 heterocycles. The molecule has 174 valence electrons. The quantitative estimate of drug-likeness (QED) is 0.387. The maximum Gasteiger partial charge on any atom is 0.269 e. The minimum atomic E-state index is -0.435. The maximum atomic E-state index is 13.5. The van der Waals surface area contributed by atoms with Gasteiger partial charge >= 0.3 is 0 Å². The lowest BCUT2D eigenvalue weighted by Crippen LogP contribution is -2.34. The van der Waals surface area contributed by atoms with E-state index in [1.807, 2.05) is 0 Å². The van der Waals surface area contributed by atoms with Crippen LogP contribution in [0.3, 0.4) is 0 Å². The van der Waals surface area contributed by atoms with E-state index in [4.69, 9.17) is 25.8 Å². The molecule has 34 heavy (non-hydrogen) atoms. The Balaban J connectivity index is 1.83. The zero-order chi connectivity index (χ0) is 24.2. The van der Waals surface area contributed by atoms with Gasteiger partial charge in [-0.15, -0.1) is 0 Å². The van der Waals surface area contributed by atoms with Crippen LogP contribution in [0.1, 0.15) is 10.4 Å². The number of para-hydroxylation sites is 1. The van der Waals surface area contributed by atoms with Crippen molar-refractivity contribution in [1.82, 2.24) is 15.0 Å².